The zero-order valence-corrected chi connectivity index (χ0v) is 16.3. The minimum Gasteiger partial charge on any atom is -0.420 e. The number of nitrogens with two attached hydrogens (primary N) is 1. The SMILES string of the molecule is N#CC1=C(N)Oc2n[nH]c(C(F)(F)F)c2[C@@]12C(=O)N(Cc1ccccc1)c1ccccc12. The first-order valence-electron chi connectivity index (χ1n) is 9.49. The maximum atomic E-state index is 14.0. The molecule has 10 heteroatoms. The molecule has 0 radical (unpaired) electrons. The lowest BCUT2D eigenvalue weighted by atomic mass is 9.69. The molecule has 0 fully saturated rings. The fraction of sp³-hybridized carbons (Fsp3) is 0.136. The van der Waals surface area contributed by atoms with E-state index in [0.29, 0.717) is 5.69 Å². The molecule has 3 N–H and O–H groups in total. The molecule has 1 amide bonds. The van der Waals surface area contributed by atoms with Crippen LogP contribution in [0.15, 0.2) is 66.1 Å². The second kappa shape index (κ2) is 6.62. The number of nitrogens with zero attached hydrogens (tertiary/aromatic N) is 3. The zero-order valence-electron chi connectivity index (χ0n) is 16.3. The fourth-order valence-electron chi connectivity index (χ4n) is 4.42. The number of carbonyl (C=O) groups is 1. The van der Waals surface area contributed by atoms with Crippen LogP contribution in [-0.2, 0) is 22.9 Å². The molecule has 7 nitrogen and oxygen atoms in total. The molecule has 2 aromatic carbocycles. The fourth-order valence-corrected chi connectivity index (χ4v) is 4.42. The van der Waals surface area contributed by atoms with Crippen molar-refractivity contribution in [2.45, 2.75) is 18.1 Å². The Morgan fingerprint density at radius 2 is 1.84 bits per heavy atom. The van der Waals surface area contributed by atoms with Crippen LogP contribution < -0.4 is 15.4 Å². The molecular weight excluding hydrogens is 423 g/mol. The summed E-state index contributed by atoms with van der Waals surface area (Å²) in [4.78, 5) is 15.4. The van der Waals surface area contributed by atoms with Gasteiger partial charge in [-0.25, -0.2) is 0 Å². The van der Waals surface area contributed by atoms with Crippen molar-refractivity contribution in [2.75, 3.05) is 4.90 Å². The number of hydrogen-bond donors (Lipinski definition) is 2. The smallest absolute Gasteiger partial charge is 0.420 e. The minimum absolute atomic E-state index is 0.0897. The van der Waals surface area contributed by atoms with E-state index in [1.54, 1.807) is 42.5 Å². The second-order valence-corrected chi connectivity index (χ2v) is 7.37. The number of H-pyrrole nitrogens is 1. The molecule has 0 unspecified atom stereocenters. The predicted octanol–water partition coefficient (Wildman–Crippen LogP) is 3.35. The van der Waals surface area contributed by atoms with E-state index in [1.807, 2.05) is 17.2 Å². The Morgan fingerprint density at radius 3 is 2.53 bits per heavy atom. The summed E-state index contributed by atoms with van der Waals surface area (Å²) in [7, 11) is 0. The Kier molecular flexibility index (Phi) is 4.07. The molecule has 2 aliphatic rings. The standard InChI is InChI=1S/C22H14F3N5O2/c23-22(24,25)17-16-19(29-28-17)32-18(27)14(10-26)21(16)13-8-4-5-9-15(13)30(20(21)31)11-12-6-2-1-3-7-12/h1-9H,11,27H2,(H,28,29)/t21-/m0/s1. The van der Waals surface area contributed by atoms with Crippen LogP contribution in [0, 0.1) is 11.3 Å². The molecule has 3 aromatic rings. The van der Waals surface area contributed by atoms with E-state index in [1.165, 1.54) is 11.0 Å². The summed E-state index contributed by atoms with van der Waals surface area (Å²) in [5.74, 6) is -1.69. The van der Waals surface area contributed by atoms with Crippen LogP contribution in [0.5, 0.6) is 5.88 Å². The molecule has 0 saturated heterocycles. The molecule has 1 aromatic heterocycles. The normalized spacial score (nSPS) is 19.6. The summed E-state index contributed by atoms with van der Waals surface area (Å²) in [6.07, 6.45) is -4.88. The van der Waals surface area contributed by atoms with E-state index in [0.717, 1.165) is 5.56 Å². The van der Waals surface area contributed by atoms with E-state index in [2.05, 4.69) is 5.10 Å². The third kappa shape index (κ3) is 2.48. The summed E-state index contributed by atoms with van der Waals surface area (Å²) in [6, 6.07) is 17.2. The van der Waals surface area contributed by atoms with Crippen molar-refractivity contribution in [3.63, 3.8) is 0 Å². The first-order valence-corrected chi connectivity index (χ1v) is 9.49. The number of benzene rings is 2. The molecular formula is C22H14F3N5O2. The maximum absolute atomic E-state index is 14.0. The lowest BCUT2D eigenvalue weighted by Gasteiger charge is -2.33. The monoisotopic (exact) mass is 437 g/mol. The number of carbonyl (C=O) groups excluding carboxylic acids is 1. The Labute approximate surface area is 179 Å². The quantitative estimate of drug-likeness (QED) is 0.639. The summed E-state index contributed by atoms with van der Waals surface area (Å²) in [6.45, 7) is 0.0897. The van der Waals surface area contributed by atoms with Crippen molar-refractivity contribution >= 4 is 11.6 Å². The number of aromatic amines is 1. The Balaban J connectivity index is 1.83. The van der Waals surface area contributed by atoms with Crippen LogP contribution in [0.4, 0.5) is 18.9 Å². The summed E-state index contributed by atoms with van der Waals surface area (Å²) >= 11 is 0. The van der Waals surface area contributed by atoms with Crippen LogP contribution >= 0.6 is 0 Å². The third-order valence-corrected chi connectivity index (χ3v) is 5.68. The van der Waals surface area contributed by atoms with Gasteiger partial charge in [-0.1, -0.05) is 48.5 Å². The molecule has 0 aliphatic carbocycles. The van der Waals surface area contributed by atoms with E-state index in [4.69, 9.17) is 10.5 Å². The highest BCUT2D eigenvalue weighted by Gasteiger charge is 2.63. The van der Waals surface area contributed by atoms with Gasteiger partial charge >= 0.3 is 6.18 Å². The Bertz CT molecular complexity index is 1320. The predicted molar refractivity (Wildman–Crippen MR) is 106 cm³/mol. The summed E-state index contributed by atoms with van der Waals surface area (Å²) < 4.78 is 47.1. The van der Waals surface area contributed by atoms with Gasteiger partial charge in [-0.05, 0) is 11.6 Å². The third-order valence-electron chi connectivity index (χ3n) is 5.68. The molecule has 1 atom stereocenters. The molecule has 160 valence electrons. The van der Waals surface area contributed by atoms with Crippen molar-refractivity contribution in [1.82, 2.24) is 10.2 Å². The number of aromatic nitrogens is 2. The average Bonchev–Trinajstić information content (AvgIpc) is 3.29. The van der Waals surface area contributed by atoms with Gasteiger partial charge in [-0.2, -0.15) is 18.4 Å². The minimum atomic E-state index is -4.88. The number of ether oxygens (including phenoxy) is 1. The number of anilines is 1. The molecule has 3 heterocycles. The topological polar surface area (TPSA) is 108 Å². The van der Waals surface area contributed by atoms with E-state index < -0.39 is 46.1 Å². The molecule has 5 rings (SSSR count). The highest BCUT2D eigenvalue weighted by molar-refractivity contribution is 6.14. The number of fused-ring (bicyclic) bond motifs is 4. The van der Waals surface area contributed by atoms with Gasteiger partial charge < -0.3 is 15.4 Å². The number of nitriles is 1. The van der Waals surface area contributed by atoms with E-state index in [9.17, 15) is 23.2 Å². The van der Waals surface area contributed by atoms with Gasteiger partial charge in [-0.15, -0.1) is 5.10 Å². The van der Waals surface area contributed by atoms with Gasteiger partial charge in [0.05, 0.1) is 12.1 Å². The first-order chi connectivity index (χ1) is 15.3. The molecule has 2 aliphatic heterocycles. The maximum Gasteiger partial charge on any atom is 0.433 e. The number of hydrogen-bond acceptors (Lipinski definition) is 5. The number of nitrogens with one attached hydrogen (secondary N) is 1. The van der Waals surface area contributed by atoms with Gasteiger partial charge in [-0.3, -0.25) is 9.89 Å². The van der Waals surface area contributed by atoms with E-state index >= 15 is 0 Å². The highest BCUT2D eigenvalue weighted by atomic mass is 19.4. The van der Waals surface area contributed by atoms with Crippen molar-refractivity contribution in [1.29, 1.82) is 5.26 Å². The largest absolute Gasteiger partial charge is 0.433 e. The van der Waals surface area contributed by atoms with Crippen LogP contribution in [0.1, 0.15) is 22.4 Å². The number of amides is 1. The van der Waals surface area contributed by atoms with Gasteiger partial charge in [0.2, 0.25) is 17.7 Å². The molecule has 1 spiro atoms. The van der Waals surface area contributed by atoms with Crippen molar-refractivity contribution in [2.24, 2.45) is 5.73 Å². The van der Waals surface area contributed by atoms with Crippen LogP contribution in [0.2, 0.25) is 0 Å². The van der Waals surface area contributed by atoms with Crippen LogP contribution in [-0.4, -0.2) is 16.1 Å². The van der Waals surface area contributed by atoms with Crippen LogP contribution in [0.3, 0.4) is 0 Å². The van der Waals surface area contributed by atoms with Gasteiger partial charge in [0.1, 0.15) is 22.8 Å². The zero-order chi connectivity index (χ0) is 22.7. The molecule has 32 heavy (non-hydrogen) atoms. The van der Waals surface area contributed by atoms with Crippen molar-refractivity contribution < 1.29 is 22.7 Å². The lowest BCUT2D eigenvalue weighted by molar-refractivity contribution is -0.142. The van der Waals surface area contributed by atoms with Crippen LogP contribution in [0.25, 0.3) is 0 Å². The van der Waals surface area contributed by atoms with Crippen molar-refractivity contribution in [3.8, 4) is 11.9 Å². The summed E-state index contributed by atoms with van der Waals surface area (Å²) in [5, 5.41) is 15.5. The number of rotatable bonds is 2. The highest BCUT2D eigenvalue weighted by Crippen LogP contribution is 2.57. The van der Waals surface area contributed by atoms with Gasteiger partial charge in [0.15, 0.2) is 0 Å². The molecule has 0 bridgehead atoms. The van der Waals surface area contributed by atoms with Crippen molar-refractivity contribution in [3.05, 3.63) is 88.4 Å². The Morgan fingerprint density at radius 1 is 1.16 bits per heavy atom. The first kappa shape index (κ1) is 19.7. The second-order valence-electron chi connectivity index (χ2n) is 7.37. The lowest BCUT2D eigenvalue weighted by Crippen LogP contribution is -2.46. The number of halogens is 3. The molecule has 0 saturated carbocycles. The summed E-state index contributed by atoms with van der Waals surface area (Å²) in [5.41, 5.74) is 2.88. The number of para-hydroxylation sites is 1. The van der Waals surface area contributed by atoms with Gasteiger partial charge in [0, 0.05) is 11.3 Å². The average molecular weight is 437 g/mol. The Hall–Kier alpha value is -4.26. The number of alkyl halides is 3. The van der Waals surface area contributed by atoms with Gasteiger partial charge in [0.25, 0.3) is 0 Å². The van der Waals surface area contributed by atoms with E-state index in [-0.39, 0.29) is 12.1 Å².